The van der Waals surface area contributed by atoms with Gasteiger partial charge in [-0.1, -0.05) is 135 Å². The van der Waals surface area contributed by atoms with Crippen molar-refractivity contribution in [3.05, 3.63) is 144 Å². The molecule has 534 valence electrons. The van der Waals surface area contributed by atoms with Gasteiger partial charge in [-0.25, -0.2) is 4.79 Å². The Labute approximate surface area is 567 Å². The van der Waals surface area contributed by atoms with Gasteiger partial charge in [-0.2, -0.15) is 0 Å². The molecule has 0 aliphatic carbocycles. The second-order valence-corrected chi connectivity index (χ2v) is 22.7. The third-order valence-corrected chi connectivity index (χ3v) is 12.0. The van der Waals surface area contributed by atoms with E-state index in [1.807, 2.05) is 121 Å². The van der Waals surface area contributed by atoms with Crippen molar-refractivity contribution >= 4 is 53.0 Å². The Kier molecular flexibility index (Phi) is 49.9. The largest absolute Gasteiger partial charge is 0.481 e. The molecule has 0 aromatic heterocycles. The van der Waals surface area contributed by atoms with Crippen molar-refractivity contribution in [2.75, 3.05) is 125 Å². The third kappa shape index (κ3) is 48.1. The lowest BCUT2D eigenvalue weighted by atomic mass is 10.0. The summed E-state index contributed by atoms with van der Waals surface area (Å²) in [5.74, 6) is -2.77. The molecule has 4 aromatic carbocycles. The predicted octanol–water partition coefficient (Wildman–Crippen LogP) is 8.73. The lowest BCUT2D eigenvalue weighted by Crippen LogP contribution is -2.32. The number of esters is 2. The number of hydroxylamine groups is 2. The minimum atomic E-state index is -0.789. The number of carbonyl (C=O) groups excluding carboxylic acids is 6. The summed E-state index contributed by atoms with van der Waals surface area (Å²) in [7, 11) is 0. The number of carboxylic acid groups (broad SMARTS) is 1. The number of nitrogens with zero attached hydrogens (tertiary/aromatic N) is 3. The quantitative estimate of drug-likeness (QED) is 0.0140. The van der Waals surface area contributed by atoms with Crippen LogP contribution in [0.25, 0.3) is 0 Å². The maximum Gasteiger partial charge on any atom is 0.333 e. The highest BCUT2D eigenvalue weighted by atomic mass is 16.7. The van der Waals surface area contributed by atoms with E-state index in [4.69, 9.17) is 68.4 Å². The lowest BCUT2D eigenvalue weighted by molar-refractivity contribution is -0.197. The SMILES string of the molecule is CC(C)(C)OC(=O)CCOCCOCCN=C(c1ccccc1)c1ccccc1.CCC(=O)NCCOCCOCCCC(=O)ON1C(=O)CCC1=O.CCCC(=O)OC(C)(C)C.NCCOCCOCCCC(=O)O.OCCOCCN=C(c1ccccc1)c1ccccc1. The molecule has 0 unspecified atom stereocenters. The highest BCUT2D eigenvalue weighted by Gasteiger charge is 2.32. The number of ether oxygens (including phenoxy) is 9. The third-order valence-electron chi connectivity index (χ3n) is 12.0. The summed E-state index contributed by atoms with van der Waals surface area (Å²) < 4.78 is 47.2. The van der Waals surface area contributed by atoms with E-state index >= 15 is 0 Å². The number of aliphatic hydroxyl groups excluding tert-OH is 1. The van der Waals surface area contributed by atoms with Crippen LogP contribution in [0.4, 0.5) is 0 Å². The fraction of sp³-hybridized carbons (Fsp3) is 0.542. The second-order valence-electron chi connectivity index (χ2n) is 22.7. The van der Waals surface area contributed by atoms with Crippen LogP contribution < -0.4 is 11.1 Å². The Hall–Kier alpha value is -7.65. The van der Waals surface area contributed by atoms with Gasteiger partial charge >= 0.3 is 23.9 Å². The van der Waals surface area contributed by atoms with Crippen LogP contribution in [0.15, 0.2) is 131 Å². The fourth-order valence-corrected chi connectivity index (χ4v) is 7.72. The van der Waals surface area contributed by atoms with Crippen LogP contribution in [0.1, 0.15) is 142 Å². The van der Waals surface area contributed by atoms with Gasteiger partial charge in [0.15, 0.2) is 0 Å². The molecule has 0 bridgehead atoms. The summed E-state index contributed by atoms with van der Waals surface area (Å²) in [5.41, 5.74) is 10.7. The van der Waals surface area contributed by atoms with Crippen LogP contribution in [0.5, 0.6) is 0 Å². The number of aliphatic hydroxyl groups is 1. The zero-order valence-electron chi connectivity index (χ0n) is 57.8. The first-order valence-electron chi connectivity index (χ1n) is 32.8. The summed E-state index contributed by atoms with van der Waals surface area (Å²) in [6.07, 6.45) is 3.42. The van der Waals surface area contributed by atoms with Crippen LogP contribution in [-0.4, -0.2) is 205 Å². The molecule has 1 heterocycles. The van der Waals surface area contributed by atoms with Crippen LogP contribution >= 0.6 is 0 Å². The Bertz CT molecular complexity index is 2660. The maximum atomic E-state index is 11.6. The number of carboxylic acids is 1. The number of amides is 3. The van der Waals surface area contributed by atoms with Gasteiger partial charge in [0.2, 0.25) is 5.91 Å². The molecule has 0 atom stereocenters. The van der Waals surface area contributed by atoms with E-state index in [0.717, 1.165) is 40.1 Å². The first kappa shape index (κ1) is 86.4. The highest BCUT2D eigenvalue weighted by molar-refractivity contribution is 6.13. The van der Waals surface area contributed by atoms with Crippen molar-refractivity contribution in [2.24, 2.45) is 15.7 Å². The molecule has 1 fully saturated rings. The first-order valence-corrected chi connectivity index (χ1v) is 32.8. The number of nitrogens with two attached hydrogens (primary N) is 1. The van der Waals surface area contributed by atoms with Gasteiger partial charge in [0.25, 0.3) is 11.8 Å². The molecular weight excluding hydrogens is 1240 g/mol. The van der Waals surface area contributed by atoms with Gasteiger partial charge in [0.1, 0.15) is 11.2 Å². The van der Waals surface area contributed by atoms with E-state index in [-0.39, 0.29) is 62.2 Å². The minimum absolute atomic E-state index is 0.0148. The van der Waals surface area contributed by atoms with Crippen LogP contribution in [0.2, 0.25) is 0 Å². The van der Waals surface area contributed by atoms with E-state index in [2.05, 4.69) is 58.8 Å². The molecule has 0 saturated carbocycles. The molecule has 24 nitrogen and oxygen atoms in total. The minimum Gasteiger partial charge on any atom is -0.481 e. The Morgan fingerprint density at radius 1 is 0.479 bits per heavy atom. The Balaban J connectivity index is 0.000000627. The molecule has 0 radical (unpaired) electrons. The lowest BCUT2D eigenvalue weighted by Gasteiger charge is -2.19. The zero-order chi connectivity index (χ0) is 70.9. The normalized spacial score (nSPS) is 11.6. The first-order chi connectivity index (χ1) is 46.1. The predicted molar refractivity (Wildman–Crippen MR) is 366 cm³/mol. The van der Waals surface area contributed by atoms with Gasteiger partial charge in [-0.15, -0.1) is 5.06 Å². The molecule has 1 saturated heterocycles. The maximum absolute atomic E-state index is 11.6. The zero-order valence-corrected chi connectivity index (χ0v) is 57.8. The standard InChI is InChI=1S/C24H31NO4.C17H19NO2.C15H24N2O7.C8H17NO4.C8H16O2/c1-24(2,3)29-22(26)14-16-27-18-19-28-17-15-25-23(20-10-6-4-7-11-20)21-12-8-5-9-13-21;19-12-14-20-13-11-18-17(15-7-3-1-4-8-15)16-9-5-2-6-10-16;1-2-12(18)16-7-9-23-11-10-22-8-3-4-15(21)24-17-13(19)5-6-14(17)20;9-3-5-13-7-6-12-4-1-2-8(10)11;1-5-6-7(9)10-8(2,3)4/h4-13H,14-19H2,1-3H3;1-10,19H,11-14H2;2-11H2,1H3,(H,16,18);1-7,9H2,(H,10,11);5-6H2,1-4H3. The number of hydrogen-bond donors (Lipinski definition) is 4. The van der Waals surface area contributed by atoms with Gasteiger partial charge < -0.3 is 68.7 Å². The molecule has 96 heavy (non-hydrogen) atoms. The van der Waals surface area contributed by atoms with Crippen LogP contribution in [0, 0.1) is 0 Å². The summed E-state index contributed by atoms with van der Waals surface area (Å²) in [6, 6.07) is 40.5. The van der Waals surface area contributed by atoms with Crippen LogP contribution in [-0.2, 0) is 81.0 Å². The number of nitrogens with one attached hydrogen (secondary N) is 1. The van der Waals surface area contributed by atoms with E-state index < -0.39 is 29.4 Å². The Morgan fingerprint density at radius 3 is 1.24 bits per heavy atom. The number of hydrogen-bond acceptors (Lipinski definition) is 21. The van der Waals surface area contributed by atoms with Crippen molar-refractivity contribution < 1.29 is 91.2 Å². The van der Waals surface area contributed by atoms with Crippen molar-refractivity contribution in [1.82, 2.24) is 10.4 Å². The van der Waals surface area contributed by atoms with Crippen LogP contribution in [0.3, 0.4) is 0 Å². The van der Waals surface area contributed by atoms with Gasteiger partial charge in [0.05, 0.1) is 123 Å². The number of rotatable bonds is 41. The topological polar surface area (TPSA) is 318 Å². The molecule has 3 amide bonds. The Morgan fingerprint density at radius 2 is 0.854 bits per heavy atom. The van der Waals surface area contributed by atoms with Crippen molar-refractivity contribution in [2.45, 2.75) is 131 Å². The van der Waals surface area contributed by atoms with E-state index in [0.29, 0.717) is 149 Å². The van der Waals surface area contributed by atoms with Gasteiger partial charge in [-0.05, 0) is 60.8 Å². The number of benzene rings is 4. The molecule has 1 aliphatic heterocycles. The summed E-state index contributed by atoms with van der Waals surface area (Å²) >= 11 is 0. The summed E-state index contributed by atoms with van der Waals surface area (Å²) in [6.45, 7) is 23.3. The van der Waals surface area contributed by atoms with Crippen molar-refractivity contribution in [3.8, 4) is 0 Å². The van der Waals surface area contributed by atoms with Crippen molar-refractivity contribution in [1.29, 1.82) is 0 Å². The smallest absolute Gasteiger partial charge is 0.333 e. The molecule has 1 aliphatic rings. The summed E-state index contributed by atoms with van der Waals surface area (Å²) in [5, 5.41) is 20.2. The number of imide groups is 1. The number of aliphatic imine (C=N–C) groups is 2. The number of aliphatic carboxylic acids is 1. The molecule has 24 heteroatoms. The van der Waals surface area contributed by atoms with Gasteiger partial charge in [-0.3, -0.25) is 38.8 Å². The highest BCUT2D eigenvalue weighted by Crippen LogP contribution is 2.15. The molecule has 4 aromatic rings. The second kappa shape index (κ2) is 55.5. The van der Waals surface area contributed by atoms with E-state index in [1.165, 1.54) is 0 Å². The van der Waals surface area contributed by atoms with E-state index in [1.54, 1.807) is 6.92 Å². The average molecular weight is 1350 g/mol. The number of carbonyl (C=O) groups is 7. The molecule has 5 N–H and O–H groups in total. The summed E-state index contributed by atoms with van der Waals surface area (Å²) in [4.78, 5) is 91.6. The average Bonchev–Trinajstić information content (AvgIpc) is 0.951. The van der Waals surface area contributed by atoms with Gasteiger partial charge in [0, 0.05) is 80.7 Å². The molecule has 0 spiro atoms. The van der Waals surface area contributed by atoms with Crippen molar-refractivity contribution in [3.63, 3.8) is 0 Å². The molecule has 5 rings (SSSR count). The monoisotopic (exact) mass is 1350 g/mol. The van der Waals surface area contributed by atoms with E-state index in [9.17, 15) is 33.6 Å². The molecular formula is C72H107N5O19. The fourth-order valence-electron chi connectivity index (χ4n) is 7.72.